The summed E-state index contributed by atoms with van der Waals surface area (Å²) in [7, 11) is 0. The largest absolute Gasteiger partial charge is 0.485 e. The number of aromatic nitrogens is 2. The number of nitrogens with zero attached hydrogens (tertiary/aromatic N) is 4. The Balaban J connectivity index is 1.95. The maximum Gasteiger partial charge on any atom is 0.401 e. The number of carbonyl (C=O) groups excluding carboxylic acids is 1. The van der Waals surface area contributed by atoms with E-state index in [1.807, 2.05) is 0 Å². The molecule has 11 nitrogen and oxygen atoms in total. The Morgan fingerprint density at radius 1 is 1.25 bits per heavy atom. The van der Waals surface area contributed by atoms with Gasteiger partial charge in [-0.2, -0.15) is 5.43 Å². The fraction of sp³-hybridized carbons (Fsp3) is 0.286. The van der Waals surface area contributed by atoms with Crippen LogP contribution in [0, 0.1) is 24.1 Å². The van der Waals surface area contributed by atoms with Crippen LogP contribution in [0.25, 0.3) is 5.65 Å². The van der Waals surface area contributed by atoms with E-state index < -0.39 is 55.3 Å². The summed E-state index contributed by atoms with van der Waals surface area (Å²) in [6.07, 6.45) is 1.44. The SMILES string of the molecule is Cc1nc2c(OCc3c(F)cccc3F)cccn2c1C(=O)NC(CO)(CO)/C(N=N)=N/[NH2+]C(F)F. The number of alkyl halides is 2. The quantitative estimate of drug-likeness (QED) is 0.0522. The van der Waals surface area contributed by atoms with Crippen LogP contribution in [0.5, 0.6) is 5.75 Å². The molecule has 2 aromatic heterocycles. The third-order valence-corrected chi connectivity index (χ3v) is 5.17. The van der Waals surface area contributed by atoms with Gasteiger partial charge < -0.3 is 20.3 Å². The topological polar surface area (TPSA) is 161 Å². The Labute approximate surface area is 200 Å². The highest BCUT2D eigenvalue weighted by molar-refractivity contribution is 6.01. The molecule has 6 N–H and O–H groups in total. The zero-order chi connectivity index (χ0) is 26.5. The van der Waals surface area contributed by atoms with Gasteiger partial charge in [-0.1, -0.05) is 11.2 Å². The number of fused-ring (bicyclic) bond motifs is 1. The van der Waals surface area contributed by atoms with Crippen molar-refractivity contribution in [2.24, 2.45) is 10.2 Å². The van der Waals surface area contributed by atoms with Crippen LogP contribution in [0.4, 0.5) is 17.6 Å². The Bertz CT molecular complexity index is 1270. The number of hydrogen-bond donors (Lipinski definition) is 5. The average molecular weight is 512 g/mol. The second-order valence-corrected chi connectivity index (χ2v) is 7.50. The van der Waals surface area contributed by atoms with Crippen molar-refractivity contribution in [2.45, 2.75) is 25.6 Å². The molecule has 0 fully saturated rings. The van der Waals surface area contributed by atoms with Gasteiger partial charge in [0.25, 0.3) is 5.91 Å². The van der Waals surface area contributed by atoms with Gasteiger partial charge in [0.15, 0.2) is 16.9 Å². The summed E-state index contributed by atoms with van der Waals surface area (Å²) in [5, 5.41) is 28.2. The fourth-order valence-corrected chi connectivity index (χ4v) is 3.35. The first-order valence-electron chi connectivity index (χ1n) is 10.3. The Hall–Kier alpha value is -3.95. The number of hydrogen-bond acceptors (Lipinski definition) is 7. The van der Waals surface area contributed by atoms with E-state index in [1.54, 1.807) is 0 Å². The van der Waals surface area contributed by atoms with Crippen molar-refractivity contribution in [3.05, 3.63) is 65.1 Å². The van der Waals surface area contributed by atoms with Crippen molar-refractivity contribution in [2.75, 3.05) is 13.2 Å². The zero-order valence-corrected chi connectivity index (χ0v) is 18.8. The molecular formula is C21H22F4N7O4+. The van der Waals surface area contributed by atoms with Crippen LogP contribution in [-0.2, 0) is 6.61 Å². The minimum Gasteiger partial charge on any atom is -0.485 e. The minimum absolute atomic E-state index is 0.0906. The van der Waals surface area contributed by atoms with E-state index >= 15 is 0 Å². The normalized spacial score (nSPS) is 12.3. The molecule has 0 bridgehead atoms. The molecule has 3 aromatic rings. The summed E-state index contributed by atoms with van der Waals surface area (Å²) in [6, 6.07) is 6.33. The molecule has 0 unspecified atom stereocenters. The van der Waals surface area contributed by atoms with E-state index in [9.17, 15) is 32.6 Å². The number of carbonyl (C=O) groups is 1. The van der Waals surface area contributed by atoms with Gasteiger partial charge in [-0.3, -0.25) is 9.20 Å². The number of halogens is 4. The van der Waals surface area contributed by atoms with Crippen LogP contribution < -0.4 is 15.5 Å². The molecule has 0 saturated heterocycles. The van der Waals surface area contributed by atoms with Crippen LogP contribution in [0.15, 0.2) is 46.7 Å². The van der Waals surface area contributed by atoms with Gasteiger partial charge in [0, 0.05) is 6.20 Å². The second kappa shape index (κ2) is 11.2. The number of aliphatic hydroxyl groups excluding tert-OH is 2. The van der Waals surface area contributed by atoms with Crippen LogP contribution in [0.2, 0.25) is 0 Å². The molecule has 0 aliphatic heterocycles. The van der Waals surface area contributed by atoms with Gasteiger partial charge >= 0.3 is 6.55 Å². The molecule has 3 rings (SSSR count). The summed E-state index contributed by atoms with van der Waals surface area (Å²) >= 11 is 0. The molecule has 0 spiro atoms. The number of nitrogens with two attached hydrogens (primary N) is 1. The van der Waals surface area contributed by atoms with Crippen LogP contribution in [-0.4, -0.2) is 56.6 Å². The van der Waals surface area contributed by atoms with Gasteiger partial charge in [0.2, 0.25) is 5.84 Å². The number of imidazole rings is 1. The summed E-state index contributed by atoms with van der Waals surface area (Å²) in [6.45, 7) is -4.05. The molecule has 2 heterocycles. The summed E-state index contributed by atoms with van der Waals surface area (Å²) < 4.78 is 59.9. The number of amidine groups is 1. The van der Waals surface area contributed by atoms with Gasteiger partial charge in [0.1, 0.15) is 23.9 Å². The lowest BCUT2D eigenvalue weighted by molar-refractivity contribution is -0.743. The molecule has 1 aromatic carbocycles. The molecule has 0 aliphatic carbocycles. The molecule has 0 radical (unpaired) electrons. The predicted molar refractivity (Wildman–Crippen MR) is 115 cm³/mol. The summed E-state index contributed by atoms with van der Waals surface area (Å²) in [5.74, 6) is -3.19. The van der Waals surface area contributed by atoms with Crippen molar-refractivity contribution in [1.29, 1.82) is 5.53 Å². The second-order valence-electron chi connectivity index (χ2n) is 7.50. The highest BCUT2D eigenvalue weighted by Crippen LogP contribution is 2.24. The first kappa shape index (κ1) is 26.7. The Morgan fingerprint density at radius 2 is 1.92 bits per heavy atom. The summed E-state index contributed by atoms with van der Waals surface area (Å²) in [5.41, 5.74) is 5.04. The zero-order valence-electron chi connectivity index (χ0n) is 18.8. The molecule has 0 atom stereocenters. The number of aryl methyl sites for hydroxylation is 1. The fourth-order valence-electron chi connectivity index (χ4n) is 3.35. The lowest BCUT2D eigenvalue weighted by Gasteiger charge is -2.28. The maximum absolute atomic E-state index is 14.0. The number of pyridine rings is 1. The van der Waals surface area contributed by atoms with Crippen LogP contribution in [0.1, 0.15) is 21.7 Å². The Kier molecular flexibility index (Phi) is 8.29. The van der Waals surface area contributed by atoms with Gasteiger partial charge in [0.05, 0.1) is 24.5 Å². The van der Waals surface area contributed by atoms with Crippen molar-refractivity contribution in [1.82, 2.24) is 14.7 Å². The number of benzene rings is 1. The predicted octanol–water partition coefficient (Wildman–Crippen LogP) is 1.08. The highest BCUT2D eigenvalue weighted by Gasteiger charge is 2.40. The van der Waals surface area contributed by atoms with E-state index in [1.165, 1.54) is 35.7 Å². The molecule has 0 aliphatic rings. The van der Waals surface area contributed by atoms with E-state index in [0.29, 0.717) is 0 Å². The number of amides is 1. The molecule has 36 heavy (non-hydrogen) atoms. The molecule has 1 amide bonds. The third kappa shape index (κ3) is 5.32. The first-order valence-corrected chi connectivity index (χ1v) is 10.3. The van der Waals surface area contributed by atoms with Crippen LogP contribution >= 0.6 is 0 Å². The number of rotatable bonds is 10. The maximum atomic E-state index is 14.0. The number of ether oxygens (including phenoxy) is 1. The number of nitrogens with one attached hydrogen (secondary N) is 2. The van der Waals surface area contributed by atoms with Crippen molar-refractivity contribution in [3.63, 3.8) is 0 Å². The standard InChI is InChI=1S/C21H21F4N7O4/c1-11-16(18(35)28-21(9-33,10-34)19(29-26)30-31-20(24)25)32-7-3-6-15(17(32)27-11)36-8-12-13(22)4-2-5-14(12)23/h2-7,20,26,31,33-34H,8-10H2,1H3,(H,28,35)/p+1/b29-26?,30-19-. The van der Waals surface area contributed by atoms with Crippen molar-refractivity contribution in [3.8, 4) is 5.75 Å². The van der Waals surface area contributed by atoms with Gasteiger partial charge in [-0.05, 0) is 31.2 Å². The molecule has 15 heteroatoms. The lowest BCUT2D eigenvalue weighted by Crippen LogP contribution is -2.83. The van der Waals surface area contributed by atoms with E-state index in [2.05, 4.69) is 20.5 Å². The highest BCUT2D eigenvalue weighted by atomic mass is 19.3. The lowest BCUT2D eigenvalue weighted by atomic mass is 10.00. The molecule has 192 valence electrons. The smallest absolute Gasteiger partial charge is 0.401 e. The third-order valence-electron chi connectivity index (χ3n) is 5.17. The average Bonchev–Trinajstić information content (AvgIpc) is 3.19. The Morgan fingerprint density at radius 3 is 2.50 bits per heavy atom. The molecule has 0 saturated carbocycles. The summed E-state index contributed by atoms with van der Waals surface area (Å²) in [4.78, 5) is 17.4. The van der Waals surface area contributed by atoms with E-state index in [4.69, 9.17) is 10.3 Å². The molecular weight excluding hydrogens is 490 g/mol. The van der Waals surface area contributed by atoms with E-state index in [0.717, 1.165) is 12.1 Å². The van der Waals surface area contributed by atoms with Crippen LogP contribution in [0.3, 0.4) is 0 Å². The van der Waals surface area contributed by atoms with Crippen molar-refractivity contribution >= 4 is 17.4 Å². The monoisotopic (exact) mass is 512 g/mol. The van der Waals surface area contributed by atoms with E-state index in [-0.39, 0.29) is 33.8 Å². The minimum atomic E-state index is -3.01. The van der Waals surface area contributed by atoms with Crippen molar-refractivity contribution < 1.29 is 42.7 Å². The number of aliphatic hydroxyl groups is 2. The number of quaternary nitrogens is 1. The van der Waals surface area contributed by atoms with Gasteiger partial charge in [-0.25, -0.2) is 19.3 Å². The van der Waals surface area contributed by atoms with Gasteiger partial charge in [-0.15, -0.1) is 13.9 Å². The first-order chi connectivity index (χ1) is 17.2.